The van der Waals surface area contributed by atoms with E-state index in [0.29, 0.717) is 0 Å². The Labute approximate surface area is 178 Å². The van der Waals surface area contributed by atoms with Gasteiger partial charge in [-0.25, -0.2) is 0 Å². The Morgan fingerprint density at radius 2 is 1.19 bits per heavy atom. The summed E-state index contributed by atoms with van der Waals surface area (Å²) in [6, 6.07) is 0. The molecule has 2 rings (SSSR count). The Balaban J connectivity index is 1.86. The fourth-order valence-corrected chi connectivity index (χ4v) is 6.26. The molecule has 0 saturated heterocycles. The zero-order valence-electron chi connectivity index (χ0n) is 16.1. The van der Waals surface area contributed by atoms with Crippen LogP contribution in [0.1, 0.15) is 78.1 Å². The Morgan fingerprint density at radius 3 is 1.58 bits per heavy atom. The maximum Gasteiger partial charge on any atom is 0.0865 e. The normalized spacial score (nSPS) is 17.2. The molecule has 0 aromatic rings. The molecule has 0 bridgehead atoms. The van der Waals surface area contributed by atoms with Crippen LogP contribution >= 0.6 is 46.0 Å². The van der Waals surface area contributed by atoms with Crippen LogP contribution in [0.4, 0.5) is 0 Å². The van der Waals surface area contributed by atoms with Crippen LogP contribution in [-0.2, 0) is 0 Å². The number of thiocarbonyl (C=S) groups is 2. The number of unbranched alkanes of at least 4 members (excludes halogenated alkanes) is 2. The van der Waals surface area contributed by atoms with Crippen LogP contribution in [0, 0.1) is 0 Å². The van der Waals surface area contributed by atoms with E-state index in [1.807, 2.05) is 0 Å². The highest BCUT2D eigenvalue weighted by Gasteiger charge is 2.22. The fraction of sp³-hybridized carbons (Fsp3) is 0.700. The molecule has 0 atom stereocenters. The lowest BCUT2D eigenvalue weighted by Crippen LogP contribution is -2.16. The highest BCUT2D eigenvalue weighted by Crippen LogP contribution is 2.39. The van der Waals surface area contributed by atoms with Crippen molar-refractivity contribution in [3.63, 3.8) is 0 Å². The van der Waals surface area contributed by atoms with Crippen molar-refractivity contribution in [3.8, 4) is 0 Å². The molecule has 0 aromatic carbocycles. The van der Waals surface area contributed by atoms with E-state index in [9.17, 15) is 0 Å². The first-order valence-electron chi connectivity index (χ1n) is 10.0. The van der Waals surface area contributed by atoms with E-state index in [4.69, 9.17) is 24.4 Å². The highest BCUT2D eigenvalue weighted by atomic mass is 33.1. The van der Waals surface area contributed by atoms with Gasteiger partial charge in [0.1, 0.15) is 0 Å². The molecule has 0 aromatic heterocycles. The number of nitrogens with one attached hydrogen (secondary N) is 2. The molecule has 0 amide bonds. The van der Waals surface area contributed by atoms with Gasteiger partial charge < -0.3 is 10.6 Å². The van der Waals surface area contributed by atoms with Crippen molar-refractivity contribution in [1.29, 1.82) is 0 Å². The quantitative estimate of drug-likeness (QED) is 0.229. The van der Waals surface area contributed by atoms with Crippen molar-refractivity contribution >= 4 is 54.4 Å². The van der Waals surface area contributed by atoms with Crippen LogP contribution in [0.15, 0.2) is 22.5 Å². The first kappa shape index (κ1) is 22.3. The second-order valence-corrected chi connectivity index (χ2v) is 10.4. The molecule has 0 spiro atoms. The predicted molar refractivity (Wildman–Crippen MR) is 128 cm³/mol. The molecule has 2 N–H and O–H groups in total. The third-order valence-corrected chi connectivity index (χ3v) is 8.61. The summed E-state index contributed by atoms with van der Waals surface area (Å²) in [7, 11) is 3.38. The summed E-state index contributed by atoms with van der Waals surface area (Å²) in [5.74, 6) is 0. The summed E-state index contributed by atoms with van der Waals surface area (Å²) in [5, 5.41) is 7.22. The van der Waals surface area contributed by atoms with Gasteiger partial charge in [0.05, 0.1) is 8.39 Å². The smallest absolute Gasteiger partial charge is 0.0865 e. The molecule has 0 aliphatic heterocycles. The van der Waals surface area contributed by atoms with Crippen LogP contribution in [0.25, 0.3) is 0 Å². The van der Waals surface area contributed by atoms with E-state index in [1.54, 1.807) is 21.6 Å². The molecule has 2 aliphatic rings. The Hall–Kier alpha value is -0.0400. The molecule has 0 fully saturated rings. The lowest BCUT2D eigenvalue weighted by molar-refractivity contribution is 0.691. The van der Waals surface area contributed by atoms with Gasteiger partial charge in [-0.3, -0.25) is 0 Å². The molecule has 0 heterocycles. The minimum Gasteiger partial charge on any atom is -0.388 e. The minimum absolute atomic E-state index is 1.02. The van der Waals surface area contributed by atoms with Gasteiger partial charge >= 0.3 is 0 Å². The Bertz CT molecular complexity index is 516. The lowest BCUT2D eigenvalue weighted by atomic mass is 10.2. The van der Waals surface area contributed by atoms with Crippen molar-refractivity contribution in [1.82, 2.24) is 10.6 Å². The standard InChI is InChI=1S/C20H32N2S4/c1-3-5-13-21-17-11-7-9-15(17)19(23)25-26-20(24)16-10-8-12-18(16)22-14-6-4-2/h21-22H,3-14H2,1-2H3. The summed E-state index contributed by atoms with van der Waals surface area (Å²) in [6.45, 7) is 6.58. The summed E-state index contributed by atoms with van der Waals surface area (Å²) in [4.78, 5) is 0. The van der Waals surface area contributed by atoms with Crippen molar-refractivity contribution in [3.05, 3.63) is 22.5 Å². The predicted octanol–water partition coefficient (Wildman–Crippen LogP) is 6.68. The van der Waals surface area contributed by atoms with Gasteiger partial charge in [0, 0.05) is 24.5 Å². The van der Waals surface area contributed by atoms with Gasteiger partial charge in [-0.1, -0.05) is 51.1 Å². The monoisotopic (exact) mass is 428 g/mol. The van der Waals surface area contributed by atoms with Gasteiger partial charge in [0.25, 0.3) is 0 Å². The summed E-state index contributed by atoms with van der Waals surface area (Å²) in [6.07, 6.45) is 11.8. The summed E-state index contributed by atoms with van der Waals surface area (Å²) >= 11 is 11.5. The highest BCUT2D eigenvalue weighted by molar-refractivity contribution is 8.90. The van der Waals surface area contributed by atoms with E-state index >= 15 is 0 Å². The van der Waals surface area contributed by atoms with Gasteiger partial charge in [-0.2, -0.15) is 0 Å². The third-order valence-electron chi connectivity index (χ3n) is 4.86. The molecule has 6 heteroatoms. The zero-order valence-corrected chi connectivity index (χ0v) is 19.4. The number of allylic oxidation sites excluding steroid dienone is 2. The number of rotatable bonds is 10. The van der Waals surface area contributed by atoms with E-state index in [0.717, 1.165) is 47.2 Å². The molecular formula is C20H32N2S4. The van der Waals surface area contributed by atoms with Crippen LogP contribution in [0.2, 0.25) is 0 Å². The van der Waals surface area contributed by atoms with Crippen LogP contribution < -0.4 is 10.6 Å². The number of hydrogen-bond donors (Lipinski definition) is 2. The maximum atomic E-state index is 5.73. The van der Waals surface area contributed by atoms with E-state index < -0.39 is 0 Å². The average Bonchev–Trinajstić information content (AvgIpc) is 3.29. The lowest BCUT2D eigenvalue weighted by Gasteiger charge is -2.13. The molecule has 0 saturated carbocycles. The second-order valence-electron chi connectivity index (χ2n) is 6.92. The molecule has 146 valence electrons. The molecule has 0 radical (unpaired) electrons. The van der Waals surface area contributed by atoms with Crippen LogP contribution in [-0.4, -0.2) is 21.5 Å². The molecule has 2 aliphatic carbocycles. The second kappa shape index (κ2) is 12.4. The van der Waals surface area contributed by atoms with E-state index in [1.165, 1.54) is 61.1 Å². The van der Waals surface area contributed by atoms with Gasteiger partial charge in [0.2, 0.25) is 0 Å². The first-order valence-corrected chi connectivity index (χ1v) is 13.0. The van der Waals surface area contributed by atoms with E-state index in [-0.39, 0.29) is 0 Å². The molecule has 2 nitrogen and oxygen atoms in total. The largest absolute Gasteiger partial charge is 0.388 e. The molecule has 26 heavy (non-hydrogen) atoms. The van der Waals surface area contributed by atoms with Gasteiger partial charge in [-0.05, 0) is 84.1 Å². The van der Waals surface area contributed by atoms with E-state index in [2.05, 4.69) is 24.5 Å². The van der Waals surface area contributed by atoms with Crippen LogP contribution in [0.3, 0.4) is 0 Å². The van der Waals surface area contributed by atoms with Crippen molar-refractivity contribution in [2.24, 2.45) is 0 Å². The van der Waals surface area contributed by atoms with Crippen LogP contribution in [0.5, 0.6) is 0 Å². The SMILES string of the molecule is CCCCNC1=C(C(=S)SSC(=S)C2=C(NCCCC)CCC2)CCC1. The molecule has 0 unspecified atom stereocenters. The average molecular weight is 429 g/mol. The summed E-state index contributed by atoms with van der Waals surface area (Å²) < 4.78 is 2.04. The summed E-state index contributed by atoms with van der Waals surface area (Å²) in [5.41, 5.74) is 5.48. The Morgan fingerprint density at radius 1 is 0.769 bits per heavy atom. The molecular weight excluding hydrogens is 397 g/mol. The fourth-order valence-electron chi connectivity index (χ4n) is 3.34. The zero-order chi connectivity index (χ0) is 18.8. The number of hydrogen-bond acceptors (Lipinski definition) is 6. The minimum atomic E-state index is 1.02. The van der Waals surface area contributed by atoms with Crippen molar-refractivity contribution < 1.29 is 0 Å². The van der Waals surface area contributed by atoms with Crippen molar-refractivity contribution in [2.75, 3.05) is 13.1 Å². The van der Waals surface area contributed by atoms with Crippen molar-refractivity contribution in [2.45, 2.75) is 78.1 Å². The van der Waals surface area contributed by atoms with Gasteiger partial charge in [0.15, 0.2) is 0 Å². The topological polar surface area (TPSA) is 24.1 Å². The maximum absolute atomic E-state index is 5.73. The first-order chi connectivity index (χ1) is 12.7. The van der Waals surface area contributed by atoms with Gasteiger partial charge in [-0.15, -0.1) is 0 Å². The Kier molecular flexibility index (Phi) is 10.6. The third kappa shape index (κ3) is 6.84.